The van der Waals surface area contributed by atoms with Gasteiger partial charge in [0.15, 0.2) is 8.32 Å². The second kappa shape index (κ2) is 18.0. The van der Waals surface area contributed by atoms with Crippen molar-refractivity contribution in [1.29, 1.82) is 0 Å². The second-order valence-corrected chi connectivity index (χ2v) is 12.8. The maximum Gasteiger partial charge on any atom is 0.186 e. The SMILES string of the molecule is CCCCCCCCCCCCCCCCCCO[Si](C)(C)CC. The van der Waals surface area contributed by atoms with Gasteiger partial charge in [-0.3, -0.25) is 0 Å². The molecule has 0 amide bonds. The van der Waals surface area contributed by atoms with Gasteiger partial charge in [-0.25, -0.2) is 0 Å². The van der Waals surface area contributed by atoms with Crippen molar-refractivity contribution < 1.29 is 4.43 Å². The molecule has 0 atom stereocenters. The number of rotatable bonds is 19. The van der Waals surface area contributed by atoms with E-state index in [1.807, 2.05) is 0 Å². The highest BCUT2D eigenvalue weighted by Crippen LogP contribution is 2.14. The van der Waals surface area contributed by atoms with E-state index >= 15 is 0 Å². The van der Waals surface area contributed by atoms with Crippen LogP contribution in [0.15, 0.2) is 0 Å². The molecule has 0 aromatic heterocycles. The maximum atomic E-state index is 6.04. The van der Waals surface area contributed by atoms with Gasteiger partial charge >= 0.3 is 0 Å². The summed E-state index contributed by atoms with van der Waals surface area (Å²) in [7, 11) is -1.29. The first-order valence-electron chi connectivity index (χ1n) is 11.3. The Balaban J connectivity index is 3.05. The molecule has 1 nitrogen and oxygen atoms in total. The summed E-state index contributed by atoms with van der Waals surface area (Å²) in [6, 6.07) is 1.24. The van der Waals surface area contributed by atoms with Crippen LogP contribution in [0.3, 0.4) is 0 Å². The van der Waals surface area contributed by atoms with Crippen molar-refractivity contribution in [2.75, 3.05) is 6.61 Å². The van der Waals surface area contributed by atoms with Crippen LogP contribution in [0.1, 0.15) is 117 Å². The predicted molar refractivity (Wildman–Crippen MR) is 113 cm³/mol. The molecule has 24 heavy (non-hydrogen) atoms. The molecule has 0 unspecified atom stereocenters. The summed E-state index contributed by atoms with van der Waals surface area (Å²) in [5, 5.41) is 0. The quantitative estimate of drug-likeness (QED) is 0.166. The minimum absolute atomic E-state index is 1.01. The Morgan fingerprint density at radius 3 is 1.17 bits per heavy atom. The summed E-state index contributed by atoms with van der Waals surface area (Å²) in [4.78, 5) is 0. The first-order chi connectivity index (χ1) is 11.6. The molecule has 0 aliphatic rings. The average Bonchev–Trinajstić information content (AvgIpc) is 2.57. The van der Waals surface area contributed by atoms with Gasteiger partial charge in [0, 0.05) is 6.61 Å². The number of hydrogen-bond donors (Lipinski definition) is 0. The first kappa shape index (κ1) is 24.2. The molecule has 0 bridgehead atoms. The Hall–Kier alpha value is 0.177. The molecule has 2 heteroatoms. The van der Waals surface area contributed by atoms with Crippen LogP contribution in [0.2, 0.25) is 19.1 Å². The molecule has 0 aliphatic carbocycles. The molecule has 0 heterocycles. The van der Waals surface area contributed by atoms with Crippen LogP contribution < -0.4 is 0 Å². The van der Waals surface area contributed by atoms with Crippen LogP contribution in [0.5, 0.6) is 0 Å². The van der Waals surface area contributed by atoms with Gasteiger partial charge in [0.05, 0.1) is 0 Å². The Morgan fingerprint density at radius 2 is 0.833 bits per heavy atom. The van der Waals surface area contributed by atoms with E-state index in [-0.39, 0.29) is 0 Å². The van der Waals surface area contributed by atoms with Gasteiger partial charge in [-0.1, -0.05) is 110 Å². The Labute approximate surface area is 155 Å². The molecule has 0 aromatic rings. The lowest BCUT2D eigenvalue weighted by Crippen LogP contribution is -2.29. The minimum Gasteiger partial charge on any atom is -0.417 e. The lowest BCUT2D eigenvalue weighted by atomic mass is 10.0. The van der Waals surface area contributed by atoms with E-state index in [4.69, 9.17) is 4.43 Å². The highest BCUT2D eigenvalue weighted by Gasteiger charge is 2.18. The Kier molecular flexibility index (Phi) is 18.1. The van der Waals surface area contributed by atoms with Gasteiger partial charge in [-0.15, -0.1) is 0 Å². The third-order valence-electron chi connectivity index (χ3n) is 5.34. The lowest BCUT2D eigenvalue weighted by Gasteiger charge is -2.20. The smallest absolute Gasteiger partial charge is 0.186 e. The van der Waals surface area contributed by atoms with E-state index in [2.05, 4.69) is 26.9 Å². The Bertz CT molecular complexity index is 240. The van der Waals surface area contributed by atoms with Crippen molar-refractivity contribution in [1.82, 2.24) is 0 Å². The van der Waals surface area contributed by atoms with Crippen molar-refractivity contribution in [3.63, 3.8) is 0 Å². The third kappa shape index (κ3) is 18.5. The molecule has 0 N–H and O–H groups in total. The average molecular weight is 357 g/mol. The fourth-order valence-corrected chi connectivity index (χ4v) is 4.00. The summed E-state index contributed by atoms with van der Waals surface area (Å²) in [5.74, 6) is 0. The minimum atomic E-state index is -1.29. The standard InChI is InChI=1S/C22H48OSi/c1-5-7-8-9-10-11-12-13-14-15-16-17-18-19-20-21-22-23-24(3,4)6-2/h5-22H2,1-4H3. The van der Waals surface area contributed by atoms with Crippen LogP contribution >= 0.6 is 0 Å². The zero-order valence-electron chi connectivity index (χ0n) is 17.6. The van der Waals surface area contributed by atoms with Crippen molar-refractivity contribution in [3.8, 4) is 0 Å². The van der Waals surface area contributed by atoms with Crippen molar-refractivity contribution in [3.05, 3.63) is 0 Å². The summed E-state index contributed by atoms with van der Waals surface area (Å²) >= 11 is 0. The summed E-state index contributed by atoms with van der Waals surface area (Å²) in [6.07, 6.45) is 23.0. The van der Waals surface area contributed by atoms with Crippen molar-refractivity contribution in [2.45, 2.75) is 136 Å². The topological polar surface area (TPSA) is 9.23 Å². The van der Waals surface area contributed by atoms with Gasteiger partial charge in [0.2, 0.25) is 0 Å². The molecule has 0 spiro atoms. The summed E-state index contributed by atoms with van der Waals surface area (Å²) < 4.78 is 6.04. The summed E-state index contributed by atoms with van der Waals surface area (Å²) in [5.41, 5.74) is 0. The zero-order valence-corrected chi connectivity index (χ0v) is 18.6. The van der Waals surface area contributed by atoms with E-state index < -0.39 is 8.32 Å². The molecule has 0 rings (SSSR count). The largest absolute Gasteiger partial charge is 0.417 e. The highest BCUT2D eigenvalue weighted by molar-refractivity contribution is 6.71. The van der Waals surface area contributed by atoms with Crippen molar-refractivity contribution in [2.24, 2.45) is 0 Å². The molecule has 0 aliphatic heterocycles. The molecular formula is C22H48OSi. The summed E-state index contributed by atoms with van der Waals surface area (Å²) in [6.45, 7) is 10.2. The third-order valence-corrected chi connectivity index (χ3v) is 8.03. The molecule has 0 radical (unpaired) electrons. The molecule has 0 saturated heterocycles. The molecular weight excluding hydrogens is 308 g/mol. The fourth-order valence-electron chi connectivity index (χ4n) is 3.10. The maximum absolute atomic E-state index is 6.04. The van der Waals surface area contributed by atoms with Gasteiger partial charge in [0.1, 0.15) is 0 Å². The second-order valence-electron chi connectivity index (χ2n) is 8.27. The Morgan fingerprint density at radius 1 is 0.500 bits per heavy atom. The van der Waals surface area contributed by atoms with Crippen LogP contribution in [0.25, 0.3) is 0 Å². The first-order valence-corrected chi connectivity index (χ1v) is 14.4. The fraction of sp³-hybridized carbons (Fsp3) is 1.00. The van der Waals surface area contributed by atoms with E-state index in [0.717, 1.165) is 6.61 Å². The van der Waals surface area contributed by atoms with Crippen LogP contribution in [-0.4, -0.2) is 14.9 Å². The number of unbranched alkanes of at least 4 members (excludes halogenated alkanes) is 15. The van der Waals surface area contributed by atoms with E-state index in [9.17, 15) is 0 Å². The van der Waals surface area contributed by atoms with Gasteiger partial charge < -0.3 is 4.43 Å². The molecule has 0 fully saturated rings. The predicted octanol–water partition coefficient (Wildman–Crippen LogP) is 8.49. The van der Waals surface area contributed by atoms with Gasteiger partial charge in [-0.2, -0.15) is 0 Å². The molecule has 146 valence electrons. The van der Waals surface area contributed by atoms with E-state index in [1.165, 1.54) is 109 Å². The van der Waals surface area contributed by atoms with Crippen LogP contribution in [0.4, 0.5) is 0 Å². The normalized spacial score (nSPS) is 12.0. The van der Waals surface area contributed by atoms with Gasteiger partial charge in [-0.05, 0) is 25.6 Å². The van der Waals surface area contributed by atoms with E-state index in [1.54, 1.807) is 0 Å². The van der Waals surface area contributed by atoms with Crippen LogP contribution in [-0.2, 0) is 4.43 Å². The zero-order chi connectivity index (χ0) is 17.9. The lowest BCUT2D eigenvalue weighted by molar-refractivity contribution is 0.294. The molecule has 0 aromatic carbocycles. The number of hydrogen-bond acceptors (Lipinski definition) is 1. The molecule has 0 saturated carbocycles. The van der Waals surface area contributed by atoms with E-state index in [0.29, 0.717) is 0 Å². The van der Waals surface area contributed by atoms with Gasteiger partial charge in [0.25, 0.3) is 0 Å². The highest BCUT2D eigenvalue weighted by atomic mass is 28.4. The van der Waals surface area contributed by atoms with Crippen molar-refractivity contribution >= 4 is 8.32 Å². The van der Waals surface area contributed by atoms with Crippen LogP contribution in [0, 0.1) is 0 Å². The monoisotopic (exact) mass is 356 g/mol.